The van der Waals surface area contributed by atoms with E-state index in [1.807, 2.05) is 54.6 Å². The van der Waals surface area contributed by atoms with E-state index in [-0.39, 0.29) is 0 Å². The Hall–Kier alpha value is -2.85. The van der Waals surface area contributed by atoms with E-state index >= 15 is 0 Å². The lowest BCUT2D eigenvalue weighted by Crippen LogP contribution is -2.09. The molecule has 1 N–H and O–H groups in total. The predicted molar refractivity (Wildman–Crippen MR) is 117 cm³/mol. The highest BCUT2D eigenvalue weighted by molar-refractivity contribution is 6.31. The summed E-state index contributed by atoms with van der Waals surface area (Å²) < 4.78 is 2.07. The van der Waals surface area contributed by atoms with Gasteiger partial charge in [-0.2, -0.15) is 0 Å². The number of unbranched alkanes of at least 4 members (excludes halogenated alkanes) is 1. The average molecular weight is 409 g/mol. The Kier molecular flexibility index (Phi) is 7.25. The number of aromatic nitrogens is 2. The molecule has 4 nitrogen and oxygen atoms in total. The molecule has 1 aromatic heterocycles. The van der Waals surface area contributed by atoms with Crippen molar-refractivity contribution in [3.05, 3.63) is 94.0 Å². The van der Waals surface area contributed by atoms with E-state index in [0.717, 1.165) is 41.9 Å². The Bertz CT molecular complexity index is 993. The smallest absolute Gasteiger partial charge is 0.331 e. The maximum absolute atomic E-state index is 11.9. The van der Waals surface area contributed by atoms with Crippen LogP contribution in [0.3, 0.4) is 0 Å². The van der Waals surface area contributed by atoms with E-state index in [0.29, 0.717) is 23.6 Å². The molecule has 0 aliphatic rings. The molecular weight excluding hydrogens is 384 g/mol. The molecule has 2 aromatic carbocycles. The molecule has 0 aliphatic heterocycles. The SMILES string of the molecule is CCCCc1ncc(/C=C(\Cc2ccccc2)C(=O)O)n1Cc1ccccc1Cl. The predicted octanol–water partition coefficient (Wildman–Crippen LogP) is 5.64. The van der Waals surface area contributed by atoms with Crippen LogP contribution in [0.2, 0.25) is 5.02 Å². The van der Waals surface area contributed by atoms with Crippen molar-refractivity contribution < 1.29 is 9.90 Å². The first-order chi connectivity index (χ1) is 14.1. The van der Waals surface area contributed by atoms with Gasteiger partial charge in [0.2, 0.25) is 0 Å². The number of benzene rings is 2. The number of carbonyl (C=O) groups is 1. The van der Waals surface area contributed by atoms with Gasteiger partial charge in [-0.1, -0.05) is 73.5 Å². The molecule has 1 heterocycles. The van der Waals surface area contributed by atoms with Crippen LogP contribution in [-0.4, -0.2) is 20.6 Å². The fourth-order valence-electron chi connectivity index (χ4n) is 3.24. The molecule has 0 saturated carbocycles. The number of aryl methyl sites for hydroxylation is 1. The van der Waals surface area contributed by atoms with Crippen molar-refractivity contribution in [1.82, 2.24) is 9.55 Å². The van der Waals surface area contributed by atoms with Gasteiger partial charge in [0.05, 0.1) is 18.4 Å². The van der Waals surface area contributed by atoms with Crippen LogP contribution in [0.15, 0.2) is 66.4 Å². The first-order valence-corrected chi connectivity index (χ1v) is 10.2. The number of hydrogen-bond donors (Lipinski definition) is 1. The monoisotopic (exact) mass is 408 g/mol. The summed E-state index contributed by atoms with van der Waals surface area (Å²) in [5.41, 5.74) is 3.06. The van der Waals surface area contributed by atoms with Gasteiger partial charge < -0.3 is 9.67 Å². The number of imidazole rings is 1. The molecule has 5 heteroatoms. The Balaban J connectivity index is 1.98. The number of hydrogen-bond acceptors (Lipinski definition) is 2. The lowest BCUT2D eigenvalue weighted by atomic mass is 10.0. The molecule has 150 valence electrons. The fourth-order valence-corrected chi connectivity index (χ4v) is 3.44. The summed E-state index contributed by atoms with van der Waals surface area (Å²) in [6.45, 7) is 2.70. The van der Waals surface area contributed by atoms with Gasteiger partial charge in [0.1, 0.15) is 5.82 Å². The number of rotatable bonds is 9. The van der Waals surface area contributed by atoms with E-state index in [2.05, 4.69) is 16.5 Å². The Morgan fingerprint density at radius 2 is 1.86 bits per heavy atom. The van der Waals surface area contributed by atoms with E-state index in [1.54, 1.807) is 12.3 Å². The molecule has 0 spiro atoms. The van der Waals surface area contributed by atoms with Gasteiger partial charge in [0.25, 0.3) is 0 Å². The molecule has 3 aromatic rings. The minimum atomic E-state index is -0.922. The van der Waals surface area contributed by atoms with Gasteiger partial charge in [0, 0.05) is 23.4 Å². The van der Waals surface area contributed by atoms with Gasteiger partial charge in [-0.15, -0.1) is 0 Å². The van der Waals surface area contributed by atoms with Crippen LogP contribution in [0.1, 0.15) is 42.4 Å². The number of halogens is 1. The van der Waals surface area contributed by atoms with Crippen LogP contribution in [0.4, 0.5) is 0 Å². The van der Waals surface area contributed by atoms with Gasteiger partial charge in [-0.05, 0) is 29.7 Å². The minimum absolute atomic E-state index is 0.332. The van der Waals surface area contributed by atoms with E-state index < -0.39 is 5.97 Å². The second-order valence-corrected chi connectivity index (χ2v) is 7.42. The van der Waals surface area contributed by atoms with Crippen LogP contribution in [0, 0.1) is 0 Å². The molecule has 0 aliphatic carbocycles. The molecule has 0 atom stereocenters. The van der Waals surface area contributed by atoms with E-state index in [1.165, 1.54) is 0 Å². The van der Waals surface area contributed by atoms with Crippen LogP contribution in [-0.2, 0) is 24.2 Å². The highest BCUT2D eigenvalue weighted by atomic mass is 35.5. The van der Waals surface area contributed by atoms with Crippen molar-refractivity contribution in [1.29, 1.82) is 0 Å². The molecule has 0 unspecified atom stereocenters. The van der Waals surface area contributed by atoms with Gasteiger partial charge in [-0.3, -0.25) is 0 Å². The van der Waals surface area contributed by atoms with Crippen LogP contribution in [0.25, 0.3) is 6.08 Å². The maximum Gasteiger partial charge on any atom is 0.331 e. The summed E-state index contributed by atoms with van der Waals surface area (Å²) in [5, 5.41) is 10.4. The Morgan fingerprint density at radius 1 is 1.14 bits per heavy atom. The molecule has 0 saturated heterocycles. The lowest BCUT2D eigenvalue weighted by molar-refractivity contribution is -0.132. The van der Waals surface area contributed by atoms with Crippen molar-refractivity contribution in [2.24, 2.45) is 0 Å². The van der Waals surface area contributed by atoms with Crippen LogP contribution >= 0.6 is 11.6 Å². The van der Waals surface area contributed by atoms with Crippen molar-refractivity contribution >= 4 is 23.6 Å². The minimum Gasteiger partial charge on any atom is -0.478 e. The second-order valence-electron chi connectivity index (χ2n) is 7.02. The van der Waals surface area contributed by atoms with Crippen molar-refractivity contribution in [2.75, 3.05) is 0 Å². The standard InChI is InChI=1S/C24H25ClN2O2/c1-2-3-13-23-26-16-21(27(23)17-19-11-7-8-12-22(19)25)15-20(24(28)29)14-18-9-5-4-6-10-18/h4-12,15-16H,2-3,13-14,17H2,1H3,(H,28,29)/b20-15+. The zero-order valence-electron chi connectivity index (χ0n) is 16.5. The first-order valence-electron chi connectivity index (χ1n) is 9.84. The highest BCUT2D eigenvalue weighted by Crippen LogP contribution is 2.21. The summed E-state index contributed by atoms with van der Waals surface area (Å²) in [6.07, 6.45) is 6.79. The van der Waals surface area contributed by atoms with Crippen molar-refractivity contribution in [2.45, 2.75) is 39.2 Å². The molecule has 0 amide bonds. The van der Waals surface area contributed by atoms with Crippen LogP contribution < -0.4 is 0 Å². The summed E-state index contributed by atoms with van der Waals surface area (Å²) >= 11 is 6.37. The fraction of sp³-hybridized carbons (Fsp3) is 0.250. The zero-order chi connectivity index (χ0) is 20.6. The van der Waals surface area contributed by atoms with E-state index in [9.17, 15) is 9.90 Å². The number of aliphatic carboxylic acids is 1. The lowest BCUT2D eigenvalue weighted by Gasteiger charge is -2.12. The normalized spacial score (nSPS) is 11.6. The van der Waals surface area contributed by atoms with E-state index in [4.69, 9.17) is 11.6 Å². The molecular formula is C24H25ClN2O2. The maximum atomic E-state index is 11.9. The summed E-state index contributed by atoms with van der Waals surface area (Å²) in [4.78, 5) is 16.5. The third kappa shape index (κ3) is 5.58. The second kappa shape index (κ2) is 10.1. The zero-order valence-corrected chi connectivity index (χ0v) is 17.3. The molecule has 29 heavy (non-hydrogen) atoms. The van der Waals surface area contributed by atoms with Gasteiger partial charge in [0.15, 0.2) is 0 Å². The topological polar surface area (TPSA) is 55.1 Å². The summed E-state index contributed by atoms with van der Waals surface area (Å²) in [5.74, 6) is 0.0249. The van der Waals surface area contributed by atoms with Gasteiger partial charge in [-0.25, -0.2) is 9.78 Å². The number of carboxylic acids is 1. The first kappa shape index (κ1) is 20.9. The third-order valence-corrected chi connectivity index (χ3v) is 5.21. The summed E-state index contributed by atoms with van der Waals surface area (Å²) in [6, 6.07) is 17.3. The van der Waals surface area contributed by atoms with Gasteiger partial charge >= 0.3 is 5.97 Å². The third-order valence-electron chi connectivity index (χ3n) is 4.84. The molecule has 3 rings (SSSR count). The summed E-state index contributed by atoms with van der Waals surface area (Å²) in [7, 11) is 0. The Labute approximate surface area is 176 Å². The van der Waals surface area contributed by atoms with Crippen molar-refractivity contribution in [3.8, 4) is 0 Å². The number of carboxylic acid groups (broad SMARTS) is 1. The molecule has 0 radical (unpaired) electrons. The molecule has 0 fully saturated rings. The molecule has 0 bridgehead atoms. The quantitative estimate of drug-likeness (QED) is 0.466. The Morgan fingerprint density at radius 3 is 2.55 bits per heavy atom. The highest BCUT2D eigenvalue weighted by Gasteiger charge is 2.14. The van der Waals surface area contributed by atoms with Crippen LogP contribution in [0.5, 0.6) is 0 Å². The van der Waals surface area contributed by atoms with Crippen molar-refractivity contribution in [3.63, 3.8) is 0 Å². The number of nitrogens with zero attached hydrogens (tertiary/aromatic N) is 2. The average Bonchev–Trinajstić information content (AvgIpc) is 3.09. The largest absolute Gasteiger partial charge is 0.478 e.